The van der Waals surface area contributed by atoms with Gasteiger partial charge in [-0.3, -0.25) is 0 Å². The van der Waals surface area contributed by atoms with Gasteiger partial charge in [0.25, 0.3) is 0 Å². The standard InChI is InChI=1S/C14H16N.Li/c1-4-10-15(11-5-1)14-9-8-12-6-2-3-7-13(12)14;/h2-3,6-9H,1,4-5,10-11H2;. The number of piperidine rings is 1. The Labute approximate surface area is 107 Å². The van der Waals surface area contributed by atoms with E-state index in [1.54, 1.807) is 0 Å². The number of hydrogen-bond acceptors (Lipinski definition) is 1. The van der Waals surface area contributed by atoms with Crippen molar-refractivity contribution in [2.75, 3.05) is 13.1 Å². The van der Waals surface area contributed by atoms with E-state index in [1.807, 2.05) is 0 Å². The van der Waals surface area contributed by atoms with E-state index in [2.05, 4.69) is 53.0 Å². The van der Waals surface area contributed by atoms with Gasteiger partial charge in [0.05, 0.1) is 0 Å². The van der Waals surface area contributed by atoms with E-state index in [4.69, 9.17) is 0 Å². The summed E-state index contributed by atoms with van der Waals surface area (Å²) in [5, 5.41) is 0. The van der Waals surface area contributed by atoms with Gasteiger partial charge in [0.1, 0.15) is 0 Å². The van der Waals surface area contributed by atoms with Crippen molar-refractivity contribution in [2.24, 2.45) is 0 Å². The molecule has 2 heteroatoms. The van der Waals surface area contributed by atoms with E-state index < -0.39 is 0 Å². The van der Waals surface area contributed by atoms with Gasteiger partial charge in [0, 0.05) is 0 Å². The third kappa shape index (κ3) is 1.73. The molecular formula is C14H16LiN. The number of benzene rings is 1. The second-order valence-electron chi connectivity index (χ2n) is 4.98. The van der Waals surface area contributed by atoms with Crippen molar-refractivity contribution in [3.63, 3.8) is 0 Å². The van der Waals surface area contributed by atoms with Gasteiger partial charge in [-0.15, -0.1) is 0 Å². The Balaban J connectivity index is 1.94. The number of likely N-dealkylation sites (tertiary alicyclic amines) is 1. The van der Waals surface area contributed by atoms with Crippen LogP contribution < -0.4 is 0 Å². The first-order valence-electron chi connectivity index (χ1n) is 6.42. The summed E-state index contributed by atoms with van der Waals surface area (Å²) >= 11 is 2.30. The Morgan fingerprint density at radius 3 is 2.62 bits per heavy atom. The molecule has 1 unspecified atom stereocenters. The molecule has 78 valence electrons. The van der Waals surface area contributed by atoms with E-state index in [0.717, 1.165) is 0 Å². The zero-order chi connectivity index (χ0) is 11.0. The van der Waals surface area contributed by atoms with Crippen molar-refractivity contribution in [3.05, 3.63) is 41.5 Å². The maximum atomic E-state index is 2.58. The minimum atomic E-state index is 0.591. The van der Waals surface area contributed by atoms with Gasteiger partial charge < -0.3 is 0 Å². The van der Waals surface area contributed by atoms with E-state index in [9.17, 15) is 0 Å². The van der Waals surface area contributed by atoms with Crippen molar-refractivity contribution in [3.8, 4) is 0 Å². The molecular weight excluding hydrogens is 189 g/mol. The molecule has 0 saturated carbocycles. The van der Waals surface area contributed by atoms with Crippen LogP contribution in [0.4, 0.5) is 0 Å². The predicted octanol–water partition coefficient (Wildman–Crippen LogP) is 2.74. The quantitative estimate of drug-likeness (QED) is 0.637. The number of fused-ring (bicyclic) bond motifs is 1. The van der Waals surface area contributed by atoms with Crippen molar-refractivity contribution in [2.45, 2.75) is 23.9 Å². The topological polar surface area (TPSA) is 3.24 Å². The summed E-state index contributed by atoms with van der Waals surface area (Å²) in [5.74, 6) is 0. The van der Waals surface area contributed by atoms with E-state index in [0.29, 0.717) is 4.59 Å². The molecule has 0 bridgehead atoms. The first kappa shape index (κ1) is 10.5. The summed E-state index contributed by atoms with van der Waals surface area (Å²) in [6.45, 7) is 2.49. The first-order chi connectivity index (χ1) is 7.86. The third-order valence-corrected chi connectivity index (χ3v) is 3.83. The minimum absolute atomic E-state index is 0.591. The molecule has 1 heterocycles. The fourth-order valence-electron chi connectivity index (χ4n) is 2.95. The molecule has 1 atom stereocenters. The Hall–Kier alpha value is -0.643. The Bertz CT molecular complexity index is 418. The summed E-state index contributed by atoms with van der Waals surface area (Å²) in [6, 6.07) is 8.86. The van der Waals surface area contributed by atoms with E-state index in [-0.39, 0.29) is 0 Å². The Morgan fingerprint density at radius 2 is 1.81 bits per heavy atom. The summed E-state index contributed by atoms with van der Waals surface area (Å²) in [6.07, 6.45) is 6.55. The van der Waals surface area contributed by atoms with Crippen molar-refractivity contribution in [1.82, 2.24) is 4.90 Å². The van der Waals surface area contributed by atoms with Crippen LogP contribution in [0.5, 0.6) is 0 Å². The zero-order valence-electron chi connectivity index (χ0n) is 9.95. The molecule has 1 aromatic rings. The average molecular weight is 205 g/mol. The Kier molecular flexibility index (Phi) is 2.84. The molecule has 1 aliphatic carbocycles. The van der Waals surface area contributed by atoms with Crippen LogP contribution >= 0.6 is 0 Å². The summed E-state index contributed by atoms with van der Waals surface area (Å²) < 4.78 is 0.591. The van der Waals surface area contributed by atoms with Crippen LogP contribution in [0.25, 0.3) is 5.70 Å². The second kappa shape index (κ2) is 4.32. The van der Waals surface area contributed by atoms with Gasteiger partial charge in [-0.1, -0.05) is 0 Å². The fourth-order valence-corrected chi connectivity index (χ4v) is 2.95. The average Bonchev–Trinajstić information content (AvgIpc) is 2.69. The van der Waals surface area contributed by atoms with Gasteiger partial charge in [0.2, 0.25) is 0 Å². The van der Waals surface area contributed by atoms with E-state index >= 15 is 0 Å². The molecule has 0 N–H and O–H groups in total. The molecule has 2 aliphatic rings. The van der Waals surface area contributed by atoms with Crippen LogP contribution in [0.3, 0.4) is 0 Å². The number of hydrogen-bond donors (Lipinski definition) is 0. The third-order valence-electron chi connectivity index (χ3n) is 3.83. The molecule has 0 spiro atoms. The summed E-state index contributed by atoms with van der Waals surface area (Å²) in [7, 11) is 0. The maximum absolute atomic E-state index is 2.58. The monoisotopic (exact) mass is 205 g/mol. The SMILES string of the molecule is [Li][CH]1C=C(N2CCCCC2)c2ccccc21. The fraction of sp³-hybridized carbons (Fsp3) is 0.429. The molecule has 0 aromatic heterocycles. The van der Waals surface area contributed by atoms with Gasteiger partial charge >= 0.3 is 107 Å². The number of allylic oxidation sites excluding steroid dienone is 1. The number of rotatable bonds is 1. The van der Waals surface area contributed by atoms with Gasteiger partial charge in [-0.25, -0.2) is 0 Å². The van der Waals surface area contributed by atoms with Crippen LogP contribution in [0, 0.1) is 0 Å². The van der Waals surface area contributed by atoms with Crippen LogP contribution in [0.2, 0.25) is 0 Å². The zero-order valence-corrected chi connectivity index (χ0v) is 9.95. The summed E-state index contributed by atoms with van der Waals surface area (Å²) in [4.78, 5) is 2.58. The van der Waals surface area contributed by atoms with Crippen LogP contribution in [0.1, 0.15) is 35.0 Å². The molecule has 1 saturated heterocycles. The molecule has 3 rings (SSSR count). The molecule has 1 aliphatic heterocycles. The van der Waals surface area contributed by atoms with Crippen LogP contribution in [0.15, 0.2) is 30.3 Å². The van der Waals surface area contributed by atoms with Gasteiger partial charge in [0.15, 0.2) is 0 Å². The van der Waals surface area contributed by atoms with Gasteiger partial charge in [-0.2, -0.15) is 0 Å². The Morgan fingerprint density at radius 1 is 1.06 bits per heavy atom. The molecule has 16 heavy (non-hydrogen) atoms. The van der Waals surface area contributed by atoms with Crippen molar-refractivity contribution >= 4 is 23.4 Å². The molecule has 0 amide bonds. The van der Waals surface area contributed by atoms with Crippen LogP contribution in [-0.2, 0) is 0 Å². The van der Waals surface area contributed by atoms with Gasteiger partial charge in [-0.05, 0) is 0 Å². The van der Waals surface area contributed by atoms with Crippen molar-refractivity contribution in [1.29, 1.82) is 0 Å². The first-order valence-corrected chi connectivity index (χ1v) is 6.42. The second-order valence-corrected chi connectivity index (χ2v) is 4.98. The molecule has 1 nitrogen and oxygen atoms in total. The number of nitrogens with zero attached hydrogens (tertiary/aromatic N) is 1. The molecule has 0 radical (unpaired) electrons. The molecule has 1 aromatic carbocycles. The normalized spacial score (nSPS) is 24.2. The summed E-state index contributed by atoms with van der Waals surface area (Å²) in [5.41, 5.74) is 4.46. The van der Waals surface area contributed by atoms with Crippen LogP contribution in [-0.4, -0.2) is 35.7 Å². The van der Waals surface area contributed by atoms with Crippen molar-refractivity contribution < 1.29 is 0 Å². The van der Waals surface area contributed by atoms with E-state index in [1.165, 1.54) is 49.2 Å². The predicted molar refractivity (Wildman–Crippen MR) is 68.3 cm³/mol. The molecule has 1 fully saturated rings.